The molecule has 1 aliphatic carbocycles. The van der Waals surface area contributed by atoms with Crippen LogP contribution in [0.5, 0.6) is 0 Å². The molecule has 1 saturated carbocycles. The SMILES string of the molecule is Cc1ccc(CN(CCC(=O)O)c2nc(C3CCC(C(C)(C)C)CC3)cs2)s1. The van der Waals surface area contributed by atoms with Crippen molar-refractivity contribution in [2.45, 2.75) is 72.3 Å². The van der Waals surface area contributed by atoms with Crippen molar-refractivity contribution in [3.63, 3.8) is 0 Å². The molecule has 1 N–H and O–H groups in total. The lowest BCUT2D eigenvalue weighted by Crippen LogP contribution is -2.26. The summed E-state index contributed by atoms with van der Waals surface area (Å²) in [6.07, 6.45) is 5.11. The standard InChI is InChI=1S/C22H32N2O2S2/c1-15-5-10-18(28-15)13-24(12-11-20(25)26)21-23-19(14-27-21)16-6-8-17(9-7-16)22(2,3)4/h5,10,14,16-17H,6-9,11-13H2,1-4H3,(H,25,26). The van der Waals surface area contributed by atoms with Crippen LogP contribution in [-0.2, 0) is 11.3 Å². The Morgan fingerprint density at radius 2 is 1.96 bits per heavy atom. The Morgan fingerprint density at radius 3 is 2.54 bits per heavy atom. The molecule has 4 nitrogen and oxygen atoms in total. The zero-order valence-corrected chi connectivity index (χ0v) is 19.0. The molecule has 3 rings (SSSR count). The van der Waals surface area contributed by atoms with E-state index < -0.39 is 5.97 Å². The van der Waals surface area contributed by atoms with Crippen molar-refractivity contribution < 1.29 is 9.90 Å². The number of aryl methyl sites for hydroxylation is 1. The van der Waals surface area contributed by atoms with Crippen LogP contribution in [0, 0.1) is 18.3 Å². The summed E-state index contributed by atoms with van der Waals surface area (Å²) in [4.78, 5) is 20.7. The Morgan fingerprint density at radius 1 is 1.25 bits per heavy atom. The molecule has 0 atom stereocenters. The van der Waals surface area contributed by atoms with E-state index in [-0.39, 0.29) is 6.42 Å². The van der Waals surface area contributed by atoms with E-state index in [9.17, 15) is 4.79 Å². The summed E-state index contributed by atoms with van der Waals surface area (Å²) in [5, 5.41) is 12.3. The van der Waals surface area contributed by atoms with E-state index in [0.717, 1.165) is 17.6 Å². The summed E-state index contributed by atoms with van der Waals surface area (Å²) < 4.78 is 0. The molecule has 0 aliphatic heterocycles. The molecule has 0 radical (unpaired) electrons. The van der Waals surface area contributed by atoms with Crippen LogP contribution in [-0.4, -0.2) is 22.6 Å². The quantitative estimate of drug-likeness (QED) is 0.570. The highest BCUT2D eigenvalue weighted by Crippen LogP contribution is 2.43. The second kappa shape index (κ2) is 8.95. The lowest BCUT2D eigenvalue weighted by Gasteiger charge is -2.36. The maximum atomic E-state index is 11.1. The molecule has 1 aliphatic rings. The Kier molecular flexibility index (Phi) is 6.81. The summed E-state index contributed by atoms with van der Waals surface area (Å²) in [6, 6.07) is 4.26. The largest absolute Gasteiger partial charge is 0.481 e. The van der Waals surface area contributed by atoms with Crippen LogP contribution in [0.2, 0.25) is 0 Å². The Balaban J connectivity index is 1.68. The number of hydrogen-bond acceptors (Lipinski definition) is 5. The molecular formula is C22H32N2O2S2. The summed E-state index contributed by atoms with van der Waals surface area (Å²) in [7, 11) is 0. The minimum atomic E-state index is -0.760. The molecule has 0 unspecified atom stereocenters. The van der Waals surface area contributed by atoms with Crippen LogP contribution in [0.4, 0.5) is 5.13 Å². The molecule has 0 aromatic carbocycles. The van der Waals surface area contributed by atoms with Gasteiger partial charge in [-0.1, -0.05) is 20.8 Å². The summed E-state index contributed by atoms with van der Waals surface area (Å²) in [6.45, 7) is 10.4. The Hall–Kier alpha value is -1.40. The molecule has 6 heteroatoms. The highest BCUT2D eigenvalue weighted by molar-refractivity contribution is 7.14. The van der Waals surface area contributed by atoms with Gasteiger partial charge in [-0.2, -0.15) is 0 Å². The lowest BCUT2D eigenvalue weighted by atomic mass is 9.69. The monoisotopic (exact) mass is 420 g/mol. The van der Waals surface area contributed by atoms with Crippen LogP contribution in [0.25, 0.3) is 0 Å². The van der Waals surface area contributed by atoms with Crippen LogP contribution in [0.3, 0.4) is 0 Å². The Labute approximate surface area is 176 Å². The second-order valence-electron chi connectivity index (χ2n) is 9.05. The zero-order chi connectivity index (χ0) is 20.3. The number of thiazole rings is 1. The van der Waals surface area contributed by atoms with E-state index in [1.165, 1.54) is 41.1 Å². The molecule has 154 valence electrons. The number of anilines is 1. The van der Waals surface area contributed by atoms with Crippen LogP contribution in [0.1, 0.15) is 74.2 Å². The molecule has 0 spiro atoms. The Bertz CT molecular complexity index is 783. The van der Waals surface area contributed by atoms with E-state index in [1.807, 2.05) is 0 Å². The van der Waals surface area contributed by atoms with Crippen LogP contribution < -0.4 is 4.90 Å². The molecule has 28 heavy (non-hydrogen) atoms. The first-order valence-corrected chi connectivity index (χ1v) is 11.9. The maximum absolute atomic E-state index is 11.1. The number of rotatable bonds is 7. The fraction of sp³-hybridized carbons (Fsp3) is 0.636. The fourth-order valence-corrected chi connectivity index (χ4v) is 5.94. The van der Waals surface area contributed by atoms with Gasteiger partial charge in [-0.15, -0.1) is 22.7 Å². The highest BCUT2D eigenvalue weighted by atomic mass is 32.1. The number of carbonyl (C=O) groups is 1. The molecule has 0 saturated heterocycles. The molecule has 2 aromatic rings. The number of carboxylic acids is 1. The van der Waals surface area contributed by atoms with Gasteiger partial charge < -0.3 is 10.0 Å². The van der Waals surface area contributed by atoms with Crippen LogP contribution >= 0.6 is 22.7 Å². The van der Waals surface area contributed by atoms with Crippen molar-refractivity contribution in [2.75, 3.05) is 11.4 Å². The van der Waals surface area contributed by atoms with Crippen molar-refractivity contribution in [2.24, 2.45) is 11.3 Å². The van der Waals surface area contributed by atoms with E-state index >= 15 is 0 Å². The maximum Gasteiger partial charge on any atom is 0.305 e. The molecular weight excluding hydrogens is 388 g/mol. The van der Waals surface area contributed by atoms with Crippen molar-refractivity contribution >= 4 is 33.8 Å². The third-order valence-electron chi connectivity index (χ3n) is 5.89. The zero-order valence-electron chi connectivity index (χ0n) is 17.4. The van der Waals surface area contributed by atoms with Gasteiger partial charge in [0, 0.05) is 27.6 Å². The van der Waals surface area contributed by atoms with Gasteiger partial charge >= 0.3 is 5.97 Å². The minimum Gasteiger partial charge on any atom is -0.481 e. The average molecular weight is 421 g/mol. The lowest BCUT2D eigenvalue weighted by molar-refractivity contribution is -0.136. The summed E-state index contributed by atoms with van der Waals surface area (Å²) in [5.74, 6) is 0.592. The predicted octanol–water partition coefficient (Wildman–Crippen LogP) is 6.31. The number of hydrogen-bond donors (Lipinski definition) is 1. The smallest absolute Gasteiger partial charge is 0.305 e. The minimum absolute atomic E-state index is 0.135. The number of aromatic nitrogens is 1. The van der Waals surface area contributed by atoms with E-state index in [4.69, 9.17) is 10.1 Å². The van der Waals surface area contributed by atoms with Gasteiger partial charge in [0.25, 0.3) is 0 Å². The van der Waals surface area contributed by atoms with E-state index in [2.05, 4.69) is 50.1 Å². The molecule has 2 heterocycles. The van der Waals surface area contributed by atoms with Gasteiger partial charge in [0.05, 0.1) is 18.7 Å². The van der Waals surface area contributed by atoms with Gasteiger partial charge in [0.1, 0.15) is 0 Å². The fourth-order valence-electron chi connectivity index (χ4n) is 4.10. The van der Waals surface area contributed by atoms with Gasteiger partial charge in [-0.3, -0.25) is 4.79 Å². The topological polar surface area (TPSA) is 53.4 Å². The number of aliphatic carboxylic acids is 1. The predicted molar refractivity (Wildman–Crippen MR) is 119 cm³/mol. The highest BCUT2D eigenvalue weighted by Gasteiger charge is 2.31. The van der Waals surface area contributed by atoms with E-state index in [1.54, 1.807) is 22.7 Å². The molecule has 0 amide bonds. The third kappa shape index (κ3) is 5.57. The number of thiophene rings is 1. The van der Waals surface area contributed by atoms with Gasteiger partial charge in [-0.05, 0) is 56.1 Å². The number of carboxylic acid groups (broad SMARTS) is 1. The number of nitrogens with zero attached hydrogens (tertiary/aromatic N) is 2. The van der Waals surface area contributed by atoms with Crippen molar-refractivity contribution in [3.05, 3.63) is 33.0 Å². The third-order valence-corrected chi connectivity index (χ3v) is 7.79. The normalized spacial score (nSPS) is 20.3. The van der Waals surface area contributed by atoms with E-state index in [0.29, 0.717) is 17.9 Å². The summed E-state index contributed by atoms with van der Waals surface area (Å²) in [5.41, 5.74) is 1.60. The molecule has 2 aromatic heterocycles. The van der Waals surface area contributed by atoms with Gasteiger partial charge in [0.2, 0.25) is 0 Å². The first-order valence-electron chi connectivity index (χ1n) is 10.2. The van der Waals surface area contributed by atoms with Crippen molar-refractivity contribution in [1.29, 1.82) is 0 Å². The van der Waals surface area contributed by atoms with Crippen molar-refractivity contribution in [3.8, 4) is 0 Å². The molecule has 0 bridgehead atoms. The van der Waals surface area contributed by atoms with Crippen molar-refractivity contribution in [1.82, 2.24) is 4.98 Å². The first kappa shape index (κ1) is 21.3. The second-order valence-corrected chi connectivity index (χ2v) is 11.3. The summed E-state index contributed by atoms with van der Waals surface area (Å²) >= 11 is 3.43. The molecule has 1 fully saturated rings. The van der Waals surface area contributed by atoms with Crippen LogP contribution in [0.15, 0.2) is 17.5 Å². The van der Waals surface area contributed by atoms with Gasteiger partial charge in [0.15, 0.2) is 5.13 Å². The average Bonchev–Trinajstić information content (AvgIpc) is 3.27. The first-order chi connectivity index (χ1) is 13.2. The van der Waals surface area contributed by atoms with Gasteiger partial charge in [-0.25, -0.2) is 4.98 Å².